The van der Waals surface area contributed by atoms with Crippen LogP contribution in [0.1, 0.15) is 30.7 Å². The molecular weight excluding hydrogens is 308 g/mol. The van der Waals surface area contributed by atoms with Gasteiger partial charge >= 0.3 is 5.97 Å². The number of methoxy groups -OCH3 is 2. The second-order valence-electron chi connectivity index (χ2n) is 5.53. The van der Waals surface area contributed by atoms with Crippen LogP contribution in [0.15, 0.2) is 17.0 Å². The van der Waals surface area contributed by atoms with E-state index in [1.54, 1.807) is 6.07 Å². The van der Waals surface area contributed by atoms with Gasteiger partial charge in [-0.05, 0) is 24.8 Å². The molecule has 1 aliphatic carbocycles. The molecule has 1 saturated carbocycles. The number of carboxylic acids is 1. The number of aliphatic carboxylic acids is 1. The Balaban J connectivity index is 2.58. The molecule has 1 aliphatic rings. The summed E-state index contributed by atoms with van der Waals surface area (Å²) in [6, 6.07) is 3.10. The maximum atomic E-state index is 11.9. The Bertz CT molecular complexity index is 676. The Morgan fingerprint density at radius 3 is 2.27 bits per heavy atom. The van der Waals surface area contributed by atoms with E-state index in [2.05, 4.69) is 0 Å². The van der Waals surface area contributed by atoms with Crippen molar-refractivity contribution >= 4 is 15.8 Å². The molecule has 0 saturated heterocycles. The summed E-state index contributed by atoms with van der Waals surface area (Å²) in [6.07, 6.45) is 3.02. The van der Waals surface area contributed by atoms with Crippen molar-refractivity contribution in [2.75, 3.05) is 20.5 Å². The summed E-state index contributed by atoms with van der Waals surface area (Å²) >= 11 is 0. The molecule has 2 rings (SSSR count). The van der Waals surface area contributed by atoms with Crippen LogP contribution in [0.2, 0.25) is 0 Å². The molecule has 122 valence electrons. The lowest BCUT2D eigenvalue weighted by Gasteiger charge is -2.21. The molecule has 0 spiro atoms. The van der Waals surface area contributed by atoms with E-state index in [0.717, 1.165) is 19.1 Å². The summed E-state index contributed by atoms with van der Waals surface area (Å²) in [6.45, 7) is 0. The zero-order valence-electron chi connectivity index (χ0n) is 12.8. The third-order valence-corrected chi connectivity index (χ3v) is 5.02. The average molecular weight is 328 g/mol. The van der Waals surface area contributed by atoms with Gasteiger partial charge in [0, 0.05) is 17.7 Å². The molecule has 7 heteroatoms. The van der Waals surface area contributed by atoms with Crippen LogP contribution >= 0.6 is 0 Å². The Hall–Kier alpha value is -1.76. The summed E-state index contributed by atoms with van der Waals surface area (Å²) in [5, 5.41) is 9.13. The second-order valence-corrected chi connectivity index (χ2v) is 7.52. The fourth-order valence-electron chi connectivity index (χ4n) is 2.76. The highest BCUT2D eigenvalue weighted by Crippen LogP contribution is 2.50. The predicted molar refractivity (Wildman–Crippen MR) is 80.4 cm³/mol. The first-order valence-electron chi connectivity index (χ1n) is 6.96. The lowest BCUT2D eigenvalue weighted by atomic mass is 9.90. The van der Waals surface area contributed by atoms with Crippen LogP contribution in [-0.2, 0) is 14.6 Å². The molecule has 1 N–H and O–H groups in total. The fourth-order valence-corrected chi connectivity index (χ4v) is 3.59. The van der Waals surface area contributed by atoms with Crippen molar-refractivity contribution in [3.05, 3.63) is 17.7 Å². The molecule has 1 fully saturated rings. The molecule has 0 aromatic heterocycles. The predicted octanol–water partition coefficient (Wildman–Crippen LogP) is 2.08. The molecular formula is C15H20O6S. The maximum Gasteiger partial charge on any atom is 0.303 e. The molecule has 0 aliphatic heterocycles. The van der Waals surface area contributed by atoms with Crippen LogP contribution in [-0.4, -0.2) is 40.0 Å². The highest BCUT2D eigenvalue weighted by Gasteiger charge is 2.37. The van der Waals surface area contributed by atoms with Crippen molar-refractivity contribution in [2.24, 2.45) is 5.92 Å². The summed E-state index contributed by atoms with van der Waals surface area (Å²) in [5.74, 6) is -0.346. The molecule has 0 bridgehead atoms. The van der Waals surface area contributed by atoms with E-state index < -0.39 is 15.8 Å². The van der Waals surface area contributed by atoms with E-state index in [9.17, 15) is 13.2 Å². The van der Waals surface area contributed by atoms with Crippen LogP contribution in [0.4, 0.5) is 0 Å². The first kappa shape index (κ1) is 16.6. The highest BCUT2D eigenvalue weighted by molar-refractivity contribution is 7.90. The van der Waals surface area contributed by atoms with E-state index in [0.29, 0.717) is 17.2 Å². The van der Waals surface area contributed by atoms with Crippen molar-refractivity contribution in [3.63, 3.8) is 0 Å². The monoisotopic (exact) mass is 328 g/mol. The molecule has 1 atom stereocenters. The number of carboxylic acid groups (broad SMARTS) is 1. The zero-order valence-corrected chi connectivity index (χ0v) is 13.6. The van der Waals surface area contributed by atoms with Gasteiger partial charge < -0.3 is 14.6 Å². The van der Waals surface area contributed by atoms with E-state index in [1.165, 1.54) is 20.3 Å². The smallest absolute Gasteiger partial charge is 0.303 e. The van der Waals surface area contributed by atoms with Gasteiger partial charge in [-0.3, -0.25) is 4.79 Å². The number of carbonyl (C=O) groups is 1. The van der Waals surface area contributed by atoms with Crippen molar-refractivity contribution in [2.45, 2.75) is 30.1 Å². The van der Waals surface area contributed by atoms with Gasteiger partial charge in [-0.2, -0.15) is 0 Å². The Morgan fingerprint density at radius 2 is 1.86 bits per heavy atom. The van der Waals surface area contributed by atoms with Crippen LogP contribution in [0.3, 0.4) is 0 Å². The van der Waals surface area contributed by atoms with E-state index in [1.807, 2.05) is 0 Å². The normalized spacial score (nSPS) is 16.1. The molecule has 6 nitrogen and oxygen atoms in total. The van der Waals surface area contributed by atoms with E-state index >= 15 is 0 Å². The van der Waals surface area contributed by atoms with Gasteiger partial charge in [0.2, 0.25) is 0 Å². The first-order valence-corrected chi connectivity index (χ1v) is 8.85. The standard InChI is InChI=1S/C15H20O6S/c1-20-14-10(11(8-13(16)17)9-4-5-9)6-7-12(15(14)21-2)22(3,18)19/h6-7,9,11H,4-5,8H2,1-3H3,(H,16,17). The maximum absolute atomic E-state index is 11.9. The topological polar surface area (TPSA) is 89.9 Å². The molecule has 1 aromatic rings. The number of ether oxygens (including phenoxy) is 2. The number of rotatable bonds is 7. The lowest BCUT2D eigenvalue weighted by Crippen LogP contribution is -2.12. The Kier molecular flexibility index (Phi) is 4.65. The van der Waals surface area contributed by atoms with Crippen molar-refractivity contribution in [1.82, 2.24) is 0 Å². The second kappa shape index (κ2) is 6.16. The quantitative estimate of drug-likeness (QED) is 0.824. The van der Waals surface area contributed by atoms with Gasteiger partial charge in [-0.1, -0.05) is 6.07 Å². The third kappa shape index (κ3) is 3.35. The minimum atomic E-state index is -3.47. The minimum absolute atomic E-state index is 0.0115. The number of sulfone groups is 1. The average Bonchev–Trinajstić information content (AvgIpc) is 3.26. The van der Waals surface area contributed by atoms with Gasteiger partial charge in [-0.25, -0.2) is 8.42 Å². The van der Waals surface area contributed by atoms with Crippen LogP contribution in [0, 0.1) is 5.92 Å². The summed E-state index contributed by atoms with van der Waals surface area (Å²) in [7, 11) is -0.666. The van der Waals surface area contributed by atoms with Crippen LogP contribution in [0.5, 0.6) is 11.5 Å². The van der Waals surface area contributed by atoms with Gasteiger partial charge in [-0.15, -0.1) is 0 Å². The summed E-state index contributed by atoms with van der Waals surface area (Å²) in [5.41, 5.74) is 0.691. The zero-order chi connectivity index (χ0) is 16.5. The van der Waals surface area contributed by atoms with Crippen molar-refractivity contribution < 1.29 is 27.8 Å². The number of benzene rings is 1. The molecule has 0 radical (unpaired) electrons. The lowest BCUT2D eigenvalue weighted by molar-refractivity contribution is -0.137. The SMILES string of the molecule is COc1c(C(CC(=O)O)C2CC2)ccc(S(C)(=O)=O)c1OC. The Labute approximate surface area is 130 Å². The van der Waals surface area contributed by atoms with Crippen molar-refractivity contribution in [3.8, 4) is 11.5 Å². The summed E-state index contributed by atoms with van der Waals surface area (Å²) < 4.78 is 34.3. The number of hydrogen-bond donors (Lipinski definition) is 1. The molecule has 1 aromatic carbocycles. The summed E-state index contributed by atoms with van der Waals surface area (Å²) in [4.78, 5) is 11.2. The van der Waals surface area contributed by atoms with Crippen molar-refractivity contribution in [1.29, 1.82) is 0 Å². The number of hydrogen-bond acceptors (Lipinski definition) is 5. The van der Waals surface area contributed by atoms with Gasteiger partial charge in [0.1, 0.15) is 4.90 Å². The van der Waals surface area contributed by atoms with Crippen LogP contribution in [0.25, 0.3) is 0 Å². The minimum Gasteiger partial charge on any atom is -0.493 e. The molecule has 22 heavy (non-hydrogen) atoms. The fraction of sp³-hybridized carbons (Fsp3) is 0.533. The first-order chi connectivity index (χ1) is 10.3. The third-order valence-electron chi connectivity index (χ3n) is 3.90. The van der Waals surface area contributed by atoms with E-state index in [4.69, 9.17) is 14.6 Å². The van der Waals surface area contributed by atoms with Gasteiger partial charge in [0.15, 0.2) is 21.3 Å². The highest BCUT2D eigenvalue weighted by atomic mass is 32.2. The largest absolute Gasteiger partial charge is 0.493 e. The van der Waals surface area contributed by atoms with Crippen LogP contribution < -0.4 is 9.47 Å². The van der Waals surface area contributed by atoms with Gasteiger partial charge in [0.05, 0.1) is 20.6 Å². The van der Waals surface area contributed by atoms with E-state index in [-0.39, 0.29) is 23.0 Å². The molecule has 1 unspecified atom stereocenters. The Morgan fingerprint density at radius 1 is 1.27 bits per heavy atom. The molecule has 0 heterocycles. The molecule has 0 amide bonds. The van der Waals surface area contributed by atoms with Gasteiger partial charge in [0.25, 0.3) is 0 Å².